The summed E-state index contributed by atoms with van der Waals surface area (Å²) < 4.78 is 11.3. The van der Waals surface area contributed by atoms with Crippen LogP contribution in [0.3, 0.4) is 0 Å². The minimum Gasteiger partial charge on any atom is -0.490 e. The van der Waals surface area contributed by atoms with E-state index >= 15 is 0 Å². The van der Waals surface area contributed by atoms with Gasteiger partial charge in [0, 0.05) is 44.8 Å². The van der Waals surface area contributed by atoms with Crippen LogP contribution in [0.25, 0.3) is 0 Å². The van der Waals surface area contributed by atoms with Crippen molar-refractivity contribution in [3.05, 3.63) is 53.6 Å². The van der Waals surface area contributed by atoms with Gasteiger partial charge < -0.3 is 24.6 Å². The maximum atomic E-state index is 12.3. The van der Waals surface area contributed by atoms with Crippen molar-refractivity contribution >= 4 is 11.6 Å². The van der Waals surface area contributed by atoms with Gasteiger partial charge in [0.2, 0.25) is 5.91 Å². The van der Waals surface area contributed by atoms with E-state index in [1.165, 1.54) is 5.69 Å². The van der Waals surface area contributed by atoms with Crippen molar-refractivity contribution in [2.75, 3.05) is 51.3 Å². The number of nitrogens with one attached hydrogen (secondary N) is 1. The molecule has 31 heavy (non-hydrogen) atoms. The molecule has 6 nitrogen and oxygen atoms in total. The third-order valence-corrected chi connectivity index (χ3v) is 5.54. The molecule has 0 aliphatic carbocycles. The Kier molecular flexibility index (Phi) is 8.59. The number of benzene rings is 2. The monoisotopic (exact) mass is 425 g/mol. The number of carbonyl (C=O) groups excluding carboxylic acids is 1. The van der Waals surface area contributed by atoms with Gasteiger partial charge in [-0.05, 0) is 62.7 Å². The first-order valence-electron chi connectivity index (χ1n) is 11.3. The second kappa shape index (κ2) is 11.6. The molecule has 1 saturated heterocycles. The quantitative estimate of drug-likeness (QED) is 0.632. The largest absolute Gasteiger partial charge is 0.490 e. The first kappa shape index (κ1) is 22.9. The molecule has 3 rings (SSSR count). The van der Waals surface area contributed by atoms with Crippen LogP contribution in [0.1, 0.15) is 31.4 Å². The Morgan fingerprint density at radius 1 is 0.903 bits per heavy atom. The summed E-state index contributed by atoms with van der Waals surface area (Å²) in [6, 6.07) is 14.4. The number of nitrogens with zero attached hydrogens (tertiary/aromatic N) is 2. The number of carbonyl (C=O) groups is 1. The highest BCUT2D eigenvalue weighted by atomic mass is 16.5. The molecule has 0 atom stereocenters. The highest BCUT2D eigenvalue weighted by molar-refractivity contribution is 5.76. The zero-order chi connectivity index (χ0) is 22.1. The molecule has 0 aromatic heterocycles. The number of ether oxygens (including phenoxy) is 2. The minimum absolute atomic E-state index is 0.0509. The van der Waals surface area contributed by atoms with Gasteiger partial charge >= 0.3 is 0 Å². The van der Waals surface area contributed by atoms with E-state index in [1.54, 1.807) is 0 Å². The van der Waals surface area contributed by atoms with Gasteiger partial charge in [0.25, 0.3) is 0 Å². The van der Waals surface area contributed by atoms with Crippen LogP contribution < -0.4 is 19.7 Å². The topological polar surface area (TPSA) is 54.0 Å². The zero-order valence-electron chi connectivity index (χ0n) is 19.0. The van der Waals surface area contributed by atoms with Crippen LogP contribution in [0.4, 0.5) is 5.69 Å². The van der Waals surface area contributed by atoms with Crippen molar-refractivity contribution in [3.8, 4) is 11.5 Å². The fourth-order valence-corrected chi connectivity index (χ4v) is 3.69. The van der Waals surface area contributed by atoms with Crippen molar-refractivity contribution in [1.29, 1.82) is 0 Å². The average Bonchev–Trinajstić information content (AvgIpc) is 2.79. The number of piperazine rings is 1. The Labute approximate surface area is 186 Å². The van der Waals surface area contributed by atoms with E-state index in [2.05, 4.69) is 46.4 Å². The van der Waals surface area contributed by atoms with Gasteiger partial charge in [0.05, 0.1) is 13.2 Å². The molecule has 168 valence electrons. The summed E-state index contributed by atoms with van der Waals surface area (Å²) in [5.74, 6) is 1.54. The Hall–Kier alpha value is -2.73. The molecule has 0 bridgehead atoms. The molecule has 1 aliphatic rings. The number of rotatable bonds is 10. The van der Waals surface area contributed by atoms with E-state index in [4.69, 9.17) is 9.47 Å². The lowest BCUT2D eigenvalue weighted by Gasteiger charge is -2.34. The lowest BCUT2D eigenvalue weighted by Crippen LogP contribution is -2.44. The highest BCUT2D eigenvalue weighted by Gasteiger charge is 2.14. The van der Waals surface area contributed by atoms with Crippen LogP contribution in [0.2, 0.25) is 0 Å². The van der Waals surface area contributed by atoms with Crippen molar-refractivity contribution < 1.29 is 14.3 Å². The van der Waals surface area contributed by atoms with E-state index in [0.717, 1.165) is 48.8 Å². The smallest absolute Gasteiger partial charge is 0.220 e. The molecule has 1 aliphatic heterocycles. The predicted octanol–water partition coefficient (Wildman–Crippen LogP) is 3.48. The van der Waals surface area contributed by atoms with Crippen molar-refractivity contribution in [2.24, 2.45) is 0 Å². The van der Waals surface area contributed by atoms with Crippen molar-refractivity contribution in [2.45, 2.75) is 33.2 Å². The standard InChI is InChI=1S/C25H35N3O3/c1-4-30-23-12-8-20(18-24(23)31-5-2)9-13-25(29)26-19-21-6-10-22(11-7-21)28-16-14-27(3)15-17-28/h6-8,10-12,18H,4-5,9,13-17,19H2,1-3H3,(H,26,29). The summed E-state index contributed by atoms with van der Waals surface area (Å²) in [7, 11) is 2.16. The lowest BCUT2D eigenvalue weighted by atomic mass is 10.1. The third-order valence-electron chi connectivity index (χ3n) is 5.54. The molecule has 1 fully saturated rings. The van der Waals surface area contributed by atoms with Crippen LogP contribution in [0, 0.1) is 0 Å². The molecule has 2 aromatic carbocycles. The van der Waals surface area contributed by atoms with Gasteiger partial charge in [-0.15, -0.1) is 0 Å². The van der Waals surface area contributed by atoms with E-state index in [-0.39, 0.29) is 5.91 Å². The summed E-state index contributed by atoms with van der Waals surface area (Å²) >= 11 is 0. The van der Waals surface area contributed by atoms with Crippen LogP contribution in [-0.4, -0.2) is 57.2 Å². The van der Waals surface area contributed by atoms with Gasteiger partial charge in [-0.3, -0.25) is 4.79 Å². The SMILES string of the molecule is CCOc1ccc(CCC(=O)NCc2ccc(N3CCN(C)CC3)cc2)cc1OCC. The summed E-state index contributed by atoms with van der Waals surface area (Å²) in [5.41, 5.74) is 3.44. The number of amides is 1. The zero-order valence-corrected chi connectivity index (χ0v) is 19.0. The minimum atomic E-state index is 0.0509. The van der Waals surface area contributed by atoms with E-state index in [9.17, 15) is 4.79 Å². The Morgan fingerprint density at radius 3 is 2.23 bits per heavy atom. The molecule has 0 unspecified atom stereocenters. The summed E-state index contributed by atoms with van der Waals surface area (Å²) in [6.45, 7) is 9.94. The van der Waals surface area contributed by atoms with Gasteiger partial charge in [-0.25, -0.2) is 0 Å². The predicted molar refractivity (Wildman–Crippen MR) is 125 cm³/mol. The molecule has 1 amide bonds. The van der Waals surface area contributed by atoms with E-state index in [0.29, 0.717) is 32.6 Å². The van der Waals surface area contributed by atoms with Crippen LogP contribution in [-0.2, 0) is 17.8 Å². The number of hydrogen-bond acceptors (Lipinski definition) is 5. The molecule has 1 N–H and O–H groups in total. The molecule has 2 aromatic rings. The van der Waals surface area contributed by atoms with Crippen LogP contribution >= 0.6 is 0 Å². The number of likely N-dealkylation sites (N-methyl/N-ethyl adjacent to an activating group) is 1. The summed E-state index contributed by atoms with van der Waals surface area (Å²) in [4.78, 5) is 17.1. The van der Waals surface area contributed by atoms with Gasteiger partial charge in [-0.1, -0.05) is 18.2 Å². The fourth-order valence-electron chi connectivity index (χ4n) is 3.69. The molecule has 0 saturated carbocycles. The number of hydrogen-bond donors (Lipinski definition) is 1. The first-order chi connectivity index (χ1) is 15.1. The average molecular weight is 426 g/mol. The first-order valence-corrected chi connectivity index (χ1v) is 11.3. The second-order valence-electron chi connectivity index (χ2n) is 7.88. The van der Waals surface area contributed by atoms with Crippen molar-refractivity contribution in [1.82, 2.24) is 10.2 Å². The lowest BCUT2D eigenvalue weighted by molar-refractivity contribution is -0.121. The fraction of sp³-hybridized carbons (Fsp3) is 0.480. The second-order valence-corrected chi connectivity index (χ2v) is 7.88. The number of anilines is 1. The molecular formula is C25H35N3O3. The maximum absolute atomic E-state index is 12.3. The third kappa shape index (κ3) is 6.89. The molecule has 6 heteroatoms. The van der Waals surface area contributed by atoms with Gasteiger partial charge in [0.1, 0.15) is 0 Å². The Balaban J connectivity index is 1.45. The molecular weight excluding hydrogens is 390 g/mol. The molecule has 0 spiro atoms. The Bertz CT molecular complexity index is 830. The van der Waals surface area contributed by atoms with Crippen LogP contribution in [0.5, 0.6) is 11.5 Å². The van der Waals surface area contributed by atoms with Crippen LogP contribution in [0.15, 0.2) is 42.5 Å². The summed E-state index contributed by atoms with van der Waals surface area (Å²) in [6.07, 6.45) is 1.11. The summed E-state index contributed by atoms with van der Waals surface area (Å²) in [5, 5.41) is 3.03. The van der Waals surface area contributed by atoms with Gasteiger partial charge in [0.15, 0.2) is 11.5 Å². The van der Waals surface area contributed by atoms with E-state index < -0.39 is 0 Å². The number of aryl methyl sites for hydroxylation is 1. The highest BCUT2D eigenvalue weighted by Crippen LogP contribution is 2.29. The molecule has 1 heterocycles. The maximum Gasteiger partial charge on any atom is 0.220 e. The Morgan fingerprint density at radius 2 is 1.55 bits per heavy atom. The van der Waals surface area contributed by atoms with Gasteiger partial charge in [-0.2, -0.15) is 0 Å². The van der Waals surface area contributed by atoms with E-state index in [1.807, 2.05) is 32.0 Å². The molecule has 0 radical (unpaired) electrons. The van der Waals surface area contributed by atoms with Crippen molar-refractivity contribution in [3.63, 3.8) is 0 Å². The normalized spacial score (nSPS) is 14.4.